The summed E-state index contributed by atoms with van der Waals surface area (Å²) in [5.74, 6) is -1.20. The van der Waals surface area contributed by atoms with Crippen LogP contribution in [0.5, 0.6) is 0 Å². The molecular weight excluding hydrogens is 465 g/mol. The van der Waals surface area contributed by atoms with E-state index in [1.54, 1.807) is 24.3 Å². The van der Waals surface area contributed by atoms with Crippen LogP contribution in [0.4, 0.5) is 5.69 Å². The van der Waals surface area contributed by atoms with E-state index in [0.717, 1.165) is 3.57 Å². The number of hydrogen-bond acceptors (Lipinski definition) is 5. The van der Waals surface area contributed by atoms with E-state index >= 15 is 0 Å². The Morgan fingerprint density at radius 3 is 2.62 bits per heavy atom. The number of hydrogen-bond donors (Lipinski definition) is 1. The minimum atomic E-state index is -0.594. The van der Waals surface area contributed by atoms with E-state index < -0.39 is 11.9 Å². The highest BCUT2D eigenvalue weighted by Crippen LogP contribution is 2.23. The number of rotatable bonds is 7. The first-order valence-electron chi connectivity index (χ1n) is 6.93. The summed E-state index contributed by atoms with van der Waals surface area (Å²) < 4.78 is 6.37. The van der Waals surface area contributed by atoms with Gasteiger partial charge in [-0.3, -0.25) is 14.4 Å². The molecule has 0 aliphatic carbocycles. The van der Waals surface area contributed by atoms with E-state index in [4.69, 9.17) is 16.3 Å². The number of amides is 1. The largest absolute Gasteiger partial charge is 0.456 e. The van der Waals surface area contributed by atoms with Gasteiger partial charge in [0.2, 0.25) is 0 Å². The van der Waals surface area contributed by atoms with Crippen LogP contribution in [0.2, 0.25) is 4.34 Å². The molecule has 0 atom stereocenters. The summed E-state index contributed by atoms with van der Waals surface area (Å²) in [7, 11) is 0. The lowest BCUT2D eigenvalue weighted by atomic mass is 10.2. The normalized spacial score (nSPS) is 10.2. The summed E-state index contributed by atoms with van der Waals surface area (Å²) in [6.45, 7) is -0.386. The lowest BCUT2D eigenvalue weighted by Gasteiger charge is -2.06. The number of ketones is 1. The molecule has 1 aromatic heterocycles. The Kier molecular flexibility index (Phi) is 7.19. The number of thiophene rings is 1. The average molecular weight is 478 g/mol. The molecule has 2 aromatic rings. The first-order chi connectivity index (χ1) is 11.4. The van der Waals surface area contributed by atoms with Crippen LogP contribution >= 0.6 is 45.5 Å². The maximum absolute atomic E-state index is 11.8. The van der Waals surface area contributed by atoms with E-state index in [-0.39, 0.29) is 25.2 Å². The number of Topliss-reactive ketones (excluding diaryl/α,β-unsaturated/α-hetero) is 1. The quantitative estimate of drug-likeness (QED) is 0.369. The average Bonchev–Trinajstić information content (AvgIpc) is 2.97. The second-order valence-electron chi connectivity index (χ2n) is 4.75. The predicted octanol–water partition coefficient (Wildman–Crippen LogP) is 4.15. The number of nitrogens with one attached hydrogen (secondary N) is 1. The molecule has 0 spiro atoms. The molecule has 24 heavy (non-hydrogen) atoms. The van der Waals surface area contributed by atoms with Gasteiger partial charge in [0.25, 0.3) is 5.91 Å². The van der Waals surface area contributed by atoms with E-state index in [1.165, 1.54) is 11.3 Å². The van der Waals surface area contributed by atoms with Crippen LogP contribution < -0.4 is 5.32 Å². The van der Waals surface area contributed by atoms with Gasteiger partial charge in [0.1, 0.15) is 0 Å². The Morgan fingerprint density at radius 2 is 1.96 bits per heavy atom. The summed E-state index contributed by atoms with van der Waals surface area (Å²) in [5.41, 5.74) is 0.632. The zero-order chi connectivity index (χ0) is 17.5. The SMILES string of the molecule is O=C(COC(=O)CCC(=O)c1ccc(Cl)s1)Nc1cccc(I)c1. The molecule has 0 aliphatic heterocycles. The third-order valence-corrected chi connectivity index (χ3v) is 4.82. The van der Waals surface area contributed by atoms with Crippen molar-refractivity contribution in [3.05, 3.63) is 49.2 Å². The molecule has 5 nitrogen and oxygen atoms in total. The fourth-order valence-corrected chi connectivity index (χ4v) is 3.34. The van der Waals surface area contributed by atoms with Crippen LogP contribution in [0.25, 0.3) is 0 Å². The molecular formula is C16H13ClINO4S. The number of ether oxygens (including phenoxy) is 1. The summed E-state index contributed by atoms with van der Waals surface area (Å²) in [6.07, 6.45) is -0.0565. The monoisotopic (exact) mass is 477 g/mol. The maximum atomic E-state index is 11.8. The van der Waals surface area contributed by atoms with Crippen LogP contribution in [-0.2, 0) is 14.3 Å². The number of esters is 1. The Balaban J connectivity index is 1.71. The second kappa shape index (κ2) is 9.14. The Hall–Kier alpha value is -1.45. The molecule has 0 saturated carbocycles. The van der Waals surface area contributed by atoms with Gasteiger partial charge in [0.05, 0.1) is 15.6 Å². The van der Waals surface area contributed by atoms with Gasteiger partial charge in [-0.15, -0.1) is 11.3 Å². The Morgan fingerprint density at radius 1 is 1.17 bits per heavy atom. The molecule has 1 N–H and O–H groups in total. The zero-order valence-corrected chi connectivity index (χ0v) is 16.1. The van der Waals surface area contributed by atoms with Crippen molar-refractivity contribution >= 4 is 68.9 Å². The first-order valence-corrected chi connectivity index (χ1v) is 9.21. The number of anilines is 1. The highest BCUT2D eigenvalue weighted by atomic mass is 127. The Bertz CT molecular complexity index is 762. The van der Waals surface area contributed by atoms with Gasteiger partial charge >= 0.3 is 5.97 Å². The van der Waals surface area contributed by atoms with Crippen molar-refractivity contribution in [2.75, 3.05) is 11.9 Å². The zero-order valence-electron chi connectivity index (χ0n) is 12.4. The lowest BCUT2D eigenvalue weighted by Crippen LogP contribution is -2.21. The van der Waals surface area contributed by atoms with Crippen LogP contribution in [0.15, 0.2) is 36.4 Å². The molecule has 1 amide bonds. The highest BCUT2D eigenvalue weighted by molar-refractivity contribution is 14.1. The fraction of sp³-hybridized carbons (Fsp3) is 0.188. The van der Waals surface area contributed by atoms with Crippen LogP contribution in [0.3, 0.4) is 0 Å². The molecule has 1 aromatic carbocycles. The fourth-order valence-electron chi connectivity index (χ4n) is 1.78. The number of halogens is 2. The topological polar surface area (TPSA) is 72.5 Å². The molecule has 0 bridgehead atoms. The van der Waals surface area contributed by atoms with Gasteiger partial charge in [-0.05, 0) is 52.9 Å². The number of benzene rings is 1. The van der Waals surface area contributed by atoms with Crippen molar-refractivity contribution in [3.8, 4) is 0 Å². The summed E-state index contributed by atoms with van der Waals surface area (Å²) >= 11 is 9.06. The maximum Gasteiger partial charge on any atom is 0.306 e. The van der Waals surface area contributed by atoms with Crippen LogP contribution in [-0.4, -0.2) is 24.3 Å². The summed E-state index contributed by atoms with van der Waals surface area (Å²) in [6, 6.07) is 10.5. The van der Waals surface area contributed by atoms with Crippen molar-refractivity contribution in [1.82, 2.24) is 0 Å². The summed E-state index contributed by atoms with van der Waals surface area (Å²) in [5, 5.41) is 2.63. The van der Waals surface area contributed by atoms with Gasteiger partial charge < -0.3 is 10.1 Å². The van der Waals surface area contributed by atoms with Gasteiger partial charge in [0, 0.05) is 15.7 Å². The first kappa shape index (κ1) is 18.9. The number of carbonyl (C=O) groups excluding carboxylic acids is 3. The van der Waals surface area contributed by atoms with Crippen LogP contribution in [0.1, 0.15) is 22.5 Å². The third kappa shape index (κ3) is 6.21. The minimum Gasteiger partial charge on any atom is -0.456 e. The van der Waals surface area contributed by atoms with Crippen molar-refractivity contribution < 1.29 is 19.1 Å². The lowest BCUT2D eigenvalue weighted by molar-refractivity contribution is -0.147. The standard InChI is InChI=1S/C16H13ClINO4S/c17-14-6-5-13(24-14)12(20)4-7-16(22)23-9-15(21)19-11-3-1-2-10(18)8-11/h1-3,5-6,8H,4,7,9H2,(H,19,21). The van der Waals surface area contributed by atoms with E-state index in [0.29, 0.717) is 14.9 Å². The molecule has 126 valence electrons. The van der Waals surface area contributed by atoms with Crippen molar-refractivity contribution in [2.24, 2.45) is 0 Å². The smallest absolute Gasteiger partial charge is 0.306 e. The van der Waals surface area contributed by atoms with Crippen molar-refractivity contribution in [3.63, 3.8) is 0 Å². The van der Waals surface area contributed by atoms with Gasteiger partial charge in [-0.2, -0.15) is 0 Å². The molecule has 0 radical (unpaired) electrons. The van der Waals surface area contributed by atoms with E-state index in [1.807, 2.05) is 12.1 Å². The van der Waals surface area contributed by atoms with Gasteiger partial charge in [-0.1, -0.05) is 17.7 Å². The molecule has 0 unspecified atom stereocenters. The molecule has 0 saturated heterocycles. The van der Waals surface area contributed by atoms with Crippen LogP contribution in [0, 0.1) is 3.57 Å². The van der Waals surface area contributed by atoms with Crippen molar-refractivity contribution in [1.29, 1.82) is 0 Å². The predicted molar refractivity (Wildman–Crippen MR) is 102 cm³/mol. The molecule has 0 fully saturated rings. The Labute approximate surface area is 161 Å². The van der Waals surface area contributed by atoms with E-state index in [9.17, 15) is 14.4 Å². The molecule has 8 heteroatoms. The highest BCUT2D eigenvalue weighted by Gasteiger charge is 2.13. The van der Waals surface area contributed by atoms with Gasteiger partial charge in [0.15, 0.2) is 12.4 Å². The molecule has 2 rings (SSSR count). The van der Waals surface area contributed by atoms with E-state index in [2.05, 4.69) is 27.9 Å². The van der Waals surface area contributed by atoms with Crippen molar-refractivity contribution in [2.45, 2.75) is 12.8 Å². The minimum absolute atomic E-state index is 0.0220. The van der Waals surface area contributed by atoms with Gasteiger partial charge in [-0.25, -0.2) is 0 Å². The number of carbonyl (C=O) groups is 3. The summed E-state index contributed by atoms with van der Waals surface area (Å²) in [4.78, 5) is 35.7. The third-order valence-electron chi connectivity index (χ3n) is 2.88. The molecule has 0 aliphatic rings. The molecule has 1 heterocycles. The second-order valence-corrected chi connectivity index (χ2v) is 7.71.